The minimum Gasteiger partial charge on any atom is -0.401 e. The van der Waals surface area contributed by atoms with Crippen LogP contribution in [0.1, 0.15) is 10.4 Å². The maximum Gasteiger partial charge on any atom is 0.363 e. The molecule has 0 amide bonds. The summed E-state index contributed by atoms with van der Waals surface area (Å²) in [6.07, 6.45) is 2.30. The smallest absolute Gasteiger partial charge is 0.363 e. The van der Waals surface area contributed by atoms with Gasteiger partial charge in [0.1, 0.15) is 5.75 Å². The van der Waals surface area contributed by atoms with Crippen molar-refractivity contribution >= 4 is 51.0 Å². The number of carbonyl (C=O) groups is 1. The largest absolute Gasteiger partial charge is 0.401 e. The molecular weight excluding hydrogens is 374 g/mol. The quantitative estimate of drug-likeness (QED) is 0.460. The first-order chi connectivity index (χ1) is 11.3. The summed E-state index contributed by atoms with van der Waals surface area (Å²) in [4.78, 5) is 16.8. The summed E-state index contributed by atoms with van der Waals surface area (Å²) < 4.78 is 32.7. The Morgan fingerprint density at radius 1 is 1.33 bits per heavy atom. The van der Waals surface area contributed by atoms with E-state index in [2.05, 4.69) is 4.99 Å². The number of thiophene rings is 1. The maximum atomic E-state index is 12.0. The fourth-order valence-corrected chi connectivity index (χ4v) is 3.24. The van der Waals surface area contributed by atoms with Gasteiger partial charge in [-0.05, 0) is 35.7 Å². The van der Waals surface area contributed by atoms with Gasteiger partial charge in [-0.25, -0.2) is 9.79 Å². The van der Waals surface area contributed by atoms with E-state index in [1.54, 1.807) is 6.07 Å². The van der Waals surface area contributed by atoms with Crippen LogP contribution in [-0.2, 0) is 19.6 Å². The molecule has 0 spiro atoms. The third-order valence-corrected chi connectivity index (χ3v) is 4.43. The average Bonchev–Trinajstić information content (AvgIpc) is 3.11. The summed E-state index contributed by atoms with van der Waals surface area (Å²) in [6, 6.07) is 7.95. The lowest BCUT2D eigenvalue weighted by Crippen LogP contribution is -2.07. The van der Waals surface area contributed by atoms with Gasteiger partial charge in [-0.3, -0.25) is 0 Å². The molecule has 0 N–H and O–H groups in total. The third-order valence-electron chi connectivity index (χ3n) is 2.86. The average molecular weight is 384 g/mol. The second-order valence-corrected chi connectivity index (χ2v) is 7.74. The number of carbonyl (C=O) groups excluding carboxylic acids is 1. The molecule has 1 aromatic heterocycles. The van der Waals surface area contributed by atoms with Gasteiger partial charge in [-0.2, -0.15) is 8.42 Å². The highest BCUT2D eigenvalue weighted by atomic mass is 35.5. The topological polar surface area (TPSA) is 82.0 Å². The van der Waals surface area contributed by atoms with E-state index in [1.807, 2.05) is 11.4 Å². The highest BCUT2D eigenvalue weighted by molar-refractivity contribution is 7.86. The van der Waals surface area contributed by atoms with E-state index in [0.29, 0.717) is 15.5 Å². The summed E-state index contributed by atoms with van der Waals surface area (Å²) in [6.45, 7) is 0. The summed E-state index contributed by atoms with van der Waals surface area (Å²) in [7, 11) is -3.73. The Labute approximate surface area is 147 Å². The van der Waals surface area contributed by atoms with Crippen molar-refractivity contribution in [2.75, 3.05) is 6.26 Å². The molecule has 2 aromatic rings. The Hall–Kier alpha value is -2.16. The highest BCUT2D eigenvalue weighted by Crippen LogP contribution is 2.28. The Morgan fingerprint density at radius 2 is 2.12 bits per heavy atom. The number of nitrogens with zero attached hydrogens (tertiary/aromatic N) is 1. The molecule has 0 saturated heterocycles. The number of hydrogen-bond acceptors (Lipinski definition) is 7. The predicted octanol–water partition coefficient (Wildman–Crippen LogP) is 3.08. The van der Waals surface area contributed by atoms with E-state index in [-0.39, 0.29) is 17.3 Å². The number of esters is 1. The Balaban J connectivity index is 2.02. The number of ether oxygens (including phenoxy) is 1. The third kappa shape index (κ3) is 3.84. The zero-order valence-electron chi connectivity index (χ0n) is 12.2. The van der Waals surface area contributed by atoms with E-state index < -0.39 is 16.1 Å². The maximum absolute atomic E-state index is 12.0. The molecule has 0 atom stereocenters. The lowest BCUT2D eigenvalue weighted by Gasteiger charge is -2.07. The van der Waals surface area contributed by atoms with Gasteiger partial charge in [0.05, 0.1) is 11.1 Å². The van der Waals surface area contributed by atoms with Crippen molar-refractivity contribution < 1.29 is 22.1 Å². The van der Waals surface area contributed by atoms with Crippen molar-refractivity contribution in [3.8, 4) is 5.75 Å². The minimum absolute atomic E-state index is 0.0269. The Bertz CT molecular complexity index is 962. The van der Waals surface area contributed by atoms with Crippen molar-refractivity contribution in [2.45, 2.75) is 0 Å². The molecule has 0 fully saturated rings. The summed E-state index contributed by atoms with van der Waals surface area (Å²) in [5.74, 6) is -0.389. The fraction of sp³-hybridized carbons (Fsp3) is 0.0667. The second kappa shape index (κ2) is 6.39. The summed E-state index contributed by atoms with van der Waals surface area (Å²) in [5.41, 5.74) is 0.329. The molecule has 9 heteroatoms. The molecule has 1 aromatic carbocycles. The number of cyclic esters (lactones) is 1. The van der Waals surface area contributed by atoms with Crippen LogP contribution >= 0.6 is 22.9 Å². The van der Waals surface area contributed by atoms with Crippen molar-refractivity contribution in [1.29, 1.82) is 0 Å². The van der Waals surface area contributed by atoms with E-state index in [1.165, 1.54) is 35.6 Å². The van der Waals surface area contributed by atoms with Crippen LogP contribution < -0.4 is 4.18 Å². The van der Waals surface area contributed by atoms with Gasteiger partial charge in [-0.15, -0.1) is 11.3 Å². The van der Waals surface area contributed by atoms with Crippen molar-refractivity contribution in [1.82, 2.24) is 0 Å². The lowest BCUT2D eigenvalue weighted by atomic mass is 10.1. The fourth-order valence-electron chi connectivity index (χ4n) is 1.93. The predicted molar refractivity (Wildman–Crippen MR) is 91.8 cm³/mol. The molecule has 0 unspecified atom stereocenters. The molecule has 1 aliphatic heterocycles. The first-order valence-electron chi connectivity index (χ1n) is 6.57. The molecule has 0 bridgehead atoms. The molecule has 0 saturated carbocycles. The van der Waals surface area contributed by atoms with Gasteiger partial charge < -0.3 is 8.92 Å². The molecule has 0 aliphatic carbocycles. The van der Waals surface area contributed by atoms with Gasteiger partial charge in [0.25, 0.3) is 0 Å². The first-order valence-corrected chi connectivity index (χ1v) is 9.65. The molecule has 0 radical (unpaired) electrons. The van der Waals surface area contributed by atoms with Gasteiger partial charge in [0, 0.05) is 10.6 Å². The minimum atomic E-state index is -3.73. The Morgan fingerprint density at radius 3 is 2.79 bits per heavy atom. The van der Waals surface area contributed by atoms with Crippen LogP contribution in [0.5, 0.6) is 5.75 Å². The number of benzene rings is 1. The van der Waals surface area contributed by atoms with Crippen molar-refractivity contribution in [3.63, 3.8) is 0 Å². The van der Waals surface area contributed by atoms with E-state index >= 15 is 0 Å². The van der Waals surface area contributed by atoms with Crippen LogP contribution in [0.4, 0.5) is 0 Å². The summed E-state index contributed by atoms with van der Waals surface area (Å²) >= 11 is 7.32. The van der Waals surface area contributed by atoms with E-state index in [0.717, 1.165) is 6.26 Å². The molecular formula is C15H10ClNO5S2. The SMILES string of the molecule is CS(=O)(=O)Oc1ccc(Cl)cc1/C=C1/N=C(c2cccs2)OC1=O. The van der Waals surface area contributed by atoms with Crippen LogP contribution in [0.25, 0.3) is 6.08 Å². The number of halogens is 1. The van der Waals surface area contributed by atoms with Gasteiger partial charge in [-0.1, -0.05) is 17.7 Å². The molecule has 124 valence electrons. The molecule has 6 nitrogen and oxygen atoms in total. The lowest BCUT2D eigenvalue weighted by molar-refractivity contribution is -0.129. The molecule has 3 rings (SSSR count). The Kier molecular flexibility index (Phi) is 4.44. The van der Waals surface area contributed by atoms with E-state index in [4.69, 9.17) is 20.5 Å². The van der Waals surface area contributed by atoms with Crippen LogP contribution in [0.2, 0.25) is 5.02 Å². The highest BCUT2D eigenvalue weighted by Gasteiger charge is 2.25. The molecule has 24 heavy (non-hydrogen) atoms. The van der Waals surface area contributed by atoms with E-state index in [9.17, 15) is 13.2 Å². The zero-order chi connectivity index (χ0) is 17.3. The van der Waals surface area contributed by atoms with Crippen molar-refractivity contribution in [3.05, 3.63) is 56.9 Å². The molecule has 2 heterocycles. The van der Waals surface area contributed by atoms with Gasteiger partial charge in [0.15, 0.2) is 5.70 Å². The van der Waals surface area contributed by atoms with Gasteiger partial charge >= 0.3 is 16.1 Å². The number of rotatable bonds is 4. The van der Waals surface area contributed by atoms with Crippen LogP contribution in [0.3, 0.4) is 0 Å². The first kappa shape index (κ1) is 16.7. The van der Waals surface area contributed by atoms with Crippen LogP contribution in [0, 0.1) is 0 Å². The van der Waals surface area contributed by atoms with Crippen molar-refractivity contribution in [2.24, 2.45) is 4.99 Å². The monoisotopic (exact) mass is 383 g/mol. The summed E-state index contributed by atoms with van der Waals surface area (Å²) in [5, 5.41) is 2.19. The standard InChI is InChI=1S/C15H10ClNO5S2/c1-24(19,20)22-12-5-4-10(16)7-9(12)8-11-15(18)21-14(17-11)13-3-2-6-23-13/h2-8H,1H3/b11-8+. The number of aliphatic imine (C=N–C) groups is 1. The van der Waals surface area contributed by atoms with Crippen LogP contribution in [0.15, 0.2) is 46.4 Å². The molecule has 1 aliphatic rings. The zero-order valence-corrected chi connectivity index (χ0v) is 14.6. The normalized spacial score (nSPS) is 16.2. The number of hydrogen-bond donors (Lipinski definition) is 0. The van der Waals surface area contributed by atoms with Gasteiger partial charge in [0.2, 0.25) is 5.90 Å². The van der Waals surface area contributed by atoms with Crippen LogP contribution in [-0.4, -0.2) is 26.5 Å². The second-order valence-electron chi connectivity index (χ2n) is 4.78.